The molecule has 4 rings (SSSR count). The highest BCUT2D eigenvalue weighted by atomic mass is 16.5. The molecular formula is C20H19N3O2. The van der Waals surface area contributed by atoms with Crippen LogP contribution in [0.15, 0.2) is 59.1 Å². The van der Waals surface area contributed by atoms with E-state index in [1.165, 1.54) is 5.56 Å². The van der Waals surface area contributed by atoms with Gasteiger partial charge in [0.25, 0.3) is 0 Å². The number of hydrogen-bond donors (Lipinski definition) is 0. The lowest BCUT2D eigenvalue weighted by molar-refractivity contribution is -0.117. The van der Waals surface area contributed by atoms with Crippen LogP contribution in [0, 0.1) is 0 Å². The van der Waals surface area contributed by atoms with Crippen LogP contribution < -0.4 is 4.90 Å². The first-order valence-electron chi connectivity index (χ1n) is 8.53. The molecule has 1 fully saturated rings. The van der Waals surface area contributed by atoms with Crippen LogP contribution >= 0.6 is 0 Å². The summed E-state index contributed by atoms with van der Waals surface area (Å²) in [5, 5.41) is 4.06. The Morgan fingerprint density at radius 3 is 2.60 bits per heavy atom. The molecule has 126 valence electrons. The van der Waals surface area contributed by atoms with Gasteiger partial charge in [0.1, 0.15) is 0 Å². The Hall–Kier alpha value is -2.95. The molecule has 5 nitrogen and oxygen atoms in total. The zero-order chi connectivity index (χ0) is 17.2. The molecule has 0 spiro atoms. The van der Waals surface area contributed by atoms with Crippen molar-refractivity contribution in [2.75, 3.05) is 11.4 Å². The van der Waals surface area contributed by atoms with Gasteiger partial charge in [-0.05, 0) is 24.1 Å². The summed E-state index contributed by atoms with van der Waals surface area (Å²) in [6, 6.07) is 17.8. The number of carbonyl (C=O) groups is 1. The van der Waals surface area contributed by atoms with Gasteiger partial charge >= 0.3 is 0 Å². The van der Waals surface area contributed by atoms with Crippen molar-refractivity contribution in [3.8, 4) is 11.4 Å². The Labute approximate surface area is 146 Å². The van der Waals surface area contributed by atoms with Gasteiger partial charge in [0.05, 0.1) is 5.92 Å². The molecule has 5 heteroatoms. The lowest BCUT2D eigenvalue weighted by Gasteiger charge is -2.16. The minimum atomic E-state index is -0.0664. The second-order valence-corrected chi connectivity index (χ2v) is 6.25. The maximum atomic E-state index is 12.4. The molecule has 1 aromatic heterocycles. The van der Waals surface area contributed by atoms with E-state index < -0.39 is 0 Å². The first kappa shape index (κ1) is 15.6. The fourth-order valence-electron chi connectivity index (χ4n) is 3.14. The van der Waals surface area contributed by atoms with Gasteiger partial charge in [-0.1, -0.05) is 54.5 Å². The van der Waals surface area contributed by atoms with Gasteiger partial charge in [0.15, 0.2) is 0 Å². The molecule has 1 amide bonds. The third kappa shape index (κ3) is 3.05. The second-order valence-electron chi connectivity index (χ2n) is 6.25. The molecule has 0 saturated carbocycles. The van der Waals surface area contributed by atoms with Gasteiger partial charge in [-0.2, -0.15) is 4.98 Å². The van der Waals surface area contributed by atoms with Crippen molar-refractivity contribution < 1.29 is 9.32 Å². The Morgan fingerprint density at radius 1 is 1.12 bits per heavy atom. The molecule has 2 aromatic carbocycles. The quantitative estimate of drug-likeness (QED) is 0.728. The summed E-state index contributed by atoms with van der Waals surface area (Å²) in [6.45, 7) is 2.69. The number of carbonyl (C=O) groups excluding carboxylic acids is 1. The van der Waals surface area contributed by atoms with E-state index in [2.05, 4.69) is 29.2 Å². The average Bonchev–Trinajstić information content (AvgIpc) is 3.29. The molecule has 3 aromatic rings. The van der Waals surface area contributed by atoms with Crippen LogP contribution in [-0.4, -0.2) is 22.6 Å². The van der Waals surface area contributed by atoms with E-state index in [-0.39, 0.29) is 11.8 Å². The van der Waals surface area contributed by atoms with Gasteiger partial charge in [-0.25, -0.2) is 0 Å². The Morgan fingerprint density at radius 2 is 1.88 bits per heavy atom. The zero-order valence-corrected chi connectivity index (χ0v) is 14.1. The molecule has 1 saturated heterocycles. The summed E-state index contributed by atoms with van der Waals surface area (Å²) in [5.41, 5.74) is 3.10. The average molecular weight is 333 g/mol. The van der Waals surface area contributed by atoms with Crippen LogP contribution in [0.4, 0.5) is 5.69 Å². The summed E-state index contributed by atoms with van der Waals surface area (Å²) >= 11 is 0. The van der Waals surface area contributed by atoms with Crippen molar-refractivity contribution in [2.24, 2.45) is 0 Å². The van der Waals surface area contributed by atoms with Gasteiger partial charge in [0, 0.05) is 24.2 Å². The molecule has 1 aliphatic heterocycles. The van der Waals surface area contributed by atoms with E-state index in [4.69, 9.17) is 4.52 Å². The summed E-state index contributed by atoms with van der Waals surface area (Å²) in [5.74, 6) is 1.12. The van der Waals surface area contributed by atoms with E-state index in [1.54, 1.807) is 4.90 Å². The molecule has 25 heavy (non-hydrogen) atoms. The largest absolute Gasteiger partial charge is 0.339 e. The Balaban J connectivity index is 1.53. The van der Waals surface area contributed by atoms with Crippen LogP contribution in [-0.2, 0) is 11.2 Å². The molecule has 0 radical (unpaired) electrons. The maximum Gasteiger partial charge on any atom is 0.232 e. The number of amides is 1. The molecule has 0 aliphatic carbocycles. The van der Waals surface area contributed by atoms with Gasteiger partial charge < -0.3 is 9.42 Å². The van der Waals surface area contributed by atoms with Gasteiger partial charge in [0.2, 0.25) is 17.6 Å². The van der Waals surface area contributed by atoms with Crippen LogP contribution in [0.1, 0.15) is 30.7 Å². The molecular weight excluding hydrogens is 314 g/mol. The Kier molecular flexibility index (Phi) is 4.06. The first-order valence-corrected chi connectivity index (χ1v) is 8.53. The SMILES string of the molecule is CCc1ccc(N2C[C@@H](c3nc(-c4ccccc4)no3)CC2=O)cc1. The topological polar surface area (TPSA) is 59.2 Å². The maximum absolute atomic E-state index is 12.4. The highest BCUT2D eigenvalue weighted by Crippen LogP contribution is 2.32. The highest BCUT2D eigenvalue weighted by Gasteiger charge is 2.35. The summed E-state index contributed by atoms with van der Waals surface area (Å²) < 4.78 is 5.43. The molecule has 2 heterocycles. The minimum Gasteiger partial charge on any atom is -0.339 e. The van der Waals surface area contributed by atoms with Crippen molar-refractivity contribution >= 4 is 11.6 Å². The third-order valence-corrected chi connectivity index (χ3v) is 4.60. The highest BCUT2D eigenvalue weighted by molar-refractivity contribution is 5.96. The summed E-state index contributed by atoms with van der Waals surface area (Å²) in [4.78, 5) is 18.7. The van der Waals surface area contributed by atoms with E-state index in [1.807, 2.05) is 42.5 Å². The number of anilines is 1. The lowest BCUT2D eigenvalue weighted by atomic mass is 10.1. The number of aromatic nitrogens is 2. The number of hydrogen-bond acceptors (Lipinski definition) is 4. The summed E-state index contributed by atoms with van der Waals surface area (Å²) in [6.07, 6.45) is 1.38. The number of nitrogens with zero attached hydrogens (tertiary/aromatic N) is 3. The van der Waals surface area contributed by atoms with Crippen molar-refractivity contribution in [2.45, 2.75) is 25.7 Å². The van der Waals surface area contributed by atoms with Crippen molar-refractivity contribution in [1.82, 2.24) is 10.1 Å². The van der Waals surface area contributed by atoms with E-state index in [0.717, 1.165) is 17.7 Å². The van der Waals surface area contributed by atoms with E-state index >= 15 is 0 Å². The Bertz CT molecular complexity index is 871. The van der Waals surface area contributed by atoms with Crippen molar-refractivity contribution in [3.05, 3.63) is 66.1 Å². The van der Waals surface area contributed by atoms with Crippen LogP contribution in [0.5, 0.6) is 0 Å². The van der Waals surface area contributed by atoms with Gasteiger partial charge in [-0.3, -0.25) is 4.79 Å². The zero-order valence-electron chi connectivity index (χ0n) is 14.1. The fraction of sp³-hybridized carbons (Fsp3) is 0.250. The van der Waals surface area contributed by atoms with Crippen LogP contribution in [0.2, 0.25) is 0 Å². The smallest absolute Gasteiger partial charge is 0.232 e. The molecule has 1 aliphatic rings. The van der Waals surface area contributed by atoms with Crippen LogP contribution in [0.3, 0.4) is 0 Å². The van der Waals surface area contributed by atoms with Crippen LogP contribution in [0.25, 0.3) is 11.4 Å². The predicted molar refractivity (Wildman–Crippen MR) is 95.3 cm³/mol. The monoisotopic (exact) mass is 333 g/mol. The summed E-state index contributed by atoms with van der Waals surface area (Å²) in [7, 11) is 0. The minimum absolute atomic E-state index is 0.0664. The van der Waals surface area contributed by atoms with E-state index in [0.29, 0.717) is 24.7 Å². The molecule has 1 atom stereocenters. The number of benzene rings is 2. The molecule has 0 N–H and O–H groups in total. The normalized spacial score (nSPS) is 17.2. The third-order valence-electron chi connectivity index (χ3n) is 4.60. The van der Waals surface area contributed by atoms with Gasteiger partial charge in [-0.15, -0.1) is 0 Å². The predicted octanol–water partition coefficient (Wildman–Crippen LogP) is 3.82. The second kappa shape index (κ2) is 6.51. The molecule has 0 unspecified atom stereocenters. The van der Waals surface area contributed by atoms with E-state index in [9.17, 15) is 4.79 Å². The standard InChI is InChI=1S/C20H19N3O2/c1-2-14-8-10-17(11-9-14)23-13-16(12-18(23)24)20-21-19(22-25-20)15-6-4-3-5-7-15/h3-11,16H,2,12-13H2,1H3/t16-/m0/s1. The molecule has 0 bridgehead atoms. The first-order chi connectivity index (χ1) is 12.2. The fourth-order valence-corrected chi connectivity index (χ4v) is 3.14. The van der Waals surface area contributed by atoms with Crippen molar-refractivity contribution in [1.29, 1.82) is 0 Å². The number of aryl methyl sites for hydroxylation is 1. The number of rotatable bonds is 4. The van der Waals surface area contributed by atoms with Crippen molar-refractivity contribution in [3.63, 3.8) is 0 Å². The lowest BCUT2D eigenvalue weighted by Crippen LogP contribution is -2.24.